The van der Waals surface area contributed by atoms with Crippen molar-refractivity contribution in [3.05, 3.63) is 11.8 Å². The summed E-state index contributed by atoms with van der Waals surface area (Å²) in [6.45, 7) is 1.62. The Hall–Kier alpha value is -1.03. The first kappa shape index (κ1) is 11.0. The molecule has 0 fully saturated rings. The zero-order valence-electron chi connectivity index (χ0n) is 7.61. The number of carboxylic acids is 1. The monoisotopic (exact) mass is 173 g/mol. The molecule has 1 unspecified atom stereocenters. The topological polar surface area (TPSA) is 60.8 Å². The van der Waals surface area contributed by atoms with Gasteiger partial charge in [0.05, 0.1) is 6.10 Å². The average Bonchev–Trinajstić information content (AvgIpc) is 1.84. The summed E-state index contributed by atoms with van der Waals surface area (Å²) in [5.74, 6) is -0.972. The summed E-state index contributed by atoms with van der Waals surface area (Å²) >= 11 is 0. The summed E-state index contributed by atoms with van der Waals surface area (Å²) in [5.41, 5.74) is 0.205. The van der Waals surface area contributed by atoms with Crippen LogP contribution in [0.1, 0.15) is 13.3 Å². The molecule has 0 spiro atoms. The first-order chi connectivity index (χ1) is 5.45. The molecule has 0 aliphatic rings. The summed E-state index contributed by atoms with van der Waals surface area (Å²) < 4.78 is 0. The van der Waals surface area contributed by atoms with Gasteiger partial charge < -0.3 is 15.1 Å². The predicted octanol–water partition coefficient (Wildman–Crippen LogP) is 0.287. The second-order valence-electron chi connectivity index (χ2n) is 2.87. The van der Waals surface area contributed by atoms with E-state index in [1.165, 1.54) is 11.0 Å². The lowest BCUT2D eigenvalue weighted by molar-refractivity contribution is -0.134. The molecular formula is C8H15NO3. The Morgan fingerprint density at radius 3 is 2.33 bits per heavy atom. The maximum Gasteiger partial charge on any atom is 0.351 e. The van der Waals surface area contributed by atoms with Gasteiger partial charge in [-0.15, -0.1) is 0 Å². The van der Waals surface area contributed by atoms with Crippen LogP contribution in [-0.4, -0.2) is 41.3 Å². The molecule has 70 valence electrons. The second-order valence-corrected chi connectivity index (χ2v) is 2.87. The van der Waals surface area contributed by atoms with Crippen molar-refractivity contribution < 1.29 is 15.0 Å². The first-order valence-corrected chi connectivity index (χ1v) is 3.74. The number of rotatable bonds is 4. The molecule has 0 radical (unpaired) electrons. The van der Waals surface area contributed by atoms with E-state index in [0.717, 1.165) is 0 Å². The lowest BCUT2D eigenvalue weighted by Gasteiger charge is -2.12. The van der Waals surface area contributed by atoms with E-state index in [2.05, 4.69) is 0 Å². The van der Waals surface area contributed by atoms with Gasteiger partial charge in [0.2, 0.25) is 0 Å². The normalized spacial score (nSPS) is 14.2. The molecule has 0 aliphatic carbocycles. The molecule has 0 amide bonds. The average molecular weight is 173 g/mol. The maximum atomic E-state index is 10.6. The first-order valence-electron chi connectivity index (χ1n) is 3.74. The van der Waals surface area contributed by atoms with Crippen molar-refractivity contribution in [2.75, 3.05) is 14.1 Å². The van der Waals surface area contributed by atoms with Crippen LogP contribution >= 0.6 is 0 Å². The number of aliphatic hydroxyl groups excluding tert-OH is 1. The van der Waals surface area contributed by atoms with Crippen molar-refractivity contribution in [3.8, 4) is 0 Å². The maximum absolute atomic E-state index is 10.6. The summed E-state index contributed by atoms with van der Waals surface area (Å²) in [5, 5.41) is 17.6. The van der Waals surface area contributed by atoms with Gasteiger partial charge in [-0.25, -0.2) is 4.79 Å². The molecule has 4 nitrogen and oxygen atoms in total. The highest BCUT2D eigenvalue weighted by Crippen LogP contribution is 2.02. The van der Waals surface area contributed by atoms with Crippen LogP contribution in [-0.2, 0) is 4.79 Å². The number of carbonyl (C=O) groups is 1. The van der Waals surface area contributed by atoms with E-state index in [1.54, 1.807) is 21.0 Å². The van der Waals surface area contributed by atoms with Crippen molar-refractivity contribution in [3.63, 3.8) is 0 Å². The molecule has 4 heteroatoms. The van der Waals surface area contributed by atoms with Crippen molar-refractivity contribution in [2.24, 2.45) is 0 Å². The lowest BCUT2D eigenvalue weighted by Crippen LogP contribution is -2.19. The minimum absolute atomic E-state index is 0.205. The van der Waals surface area contributed by atoms with Crippen LogP contribution in [0.4, 0.5) is 0 Å². The minimum atomic E-state index is -0.972. The molecule has 0 bridgehead atoms. The molecule has 2 N–H and O–H groups in total. The van der Waals surface area contributed by atoms with Gasteiger partial charge in [0, 0.05) is 14.1 Å². The van der Waals surface area contributed by atoms with Crippen molar-refractivity contribution >= 4 is 5.97 Å². The van der Waals surface area contributed by atoms with Gasteiger partial charge in [0.25, 0.3) is 0 Å². The predicted molar refractivity (Wildman–Crippen MR) is 45.7 cm³/mol. The Morgan fingerprint density at radius 1 is 1.58 bits per heavy atom. The summed E-state index contributed by atoms with van der Waals surface area (Å²) in [6.07, 6.45) is 1.37. The molecule has 0 saturated heterocycles. The van der Waals surface area contributed by atoms with Crippen LogP contribution in [0, 0.1) is 0 Å². The zero-order chi connectivity index (χ0) is 9.72. The smallest absolute Gasteiger partial charge is 0.351 e. The number of hydrogen-bond acceptors (Lipinski definition) is 3. The zero-order valence-corrected chi connectivity index (χ0v) is 7.61. The van der Waals surface area contributed by atoms with Gasteiger partial charge in [0.15, 0.2) is 0 Å². The van der Waals surface area contributed by atoms with E-state index in [9.17, 15) is 4.79 Å². The highest BCUT2D eigenvalue weighted by Gasteiger charge is 2.08. The fraction of sp³-hybridized carbons (Fsp3) is 0.625. The van der Waals surface area contributed by atoms with Gasteiger partial charge in [0.1, 0.15) is 5.70 Å². The van der Waals surface area contributed by atoms with Crippen LogP contribution in [0.5, 0.6) is 0 Å². The minimum Gasteiger partial charge on any atom is -0.477 e. The quantitative estimate of drug-likeness (QED) is 0.600. The molecule has 0 aliphatic heterocycles. The molecule has 0 aromatic heterocycles. The lowest BCUT2D eigenvalue weighted by atomic mass is 10.2. The van der Waals surface area contributed by atoms with Crippen LogP contribution in [0.2, 0.25) is 0 Å². The number of nitrogens with zero attached hydrogens (tertiary/aromatic N) is 1. The fourth-order valence-corrected chi connectivity index (χ4v) is 0.743. The van der Waals surface area contributed by atoms with E-state index in [-0.39, 0.29) is 5.70 Å². The van der Waals surface area contributed by atoms with Crippen LogP contribution < -0.4 is 0 Å². The third kappa shape index (κ3) is 3.98. The molecule has 0 heterocycles. The van der Waals surface area contributed by atoms with Gasteiger partial charge in [-0.3, -0.25) is 0 Å². The van der Waals surface area contributed by atoms with Gasteiger partial charge in [-0.05, 0) is 13.3 Å². The van der Waals surface area contributed by atoms with E-state index >= 15 is 0 Å². The van der Waals surface area contributed by atoms with Crippen molar-refractivity contribution in [1.29, 1.82) is 0 Å². The Kier molecular flexibility index (Phi) is 4.36. The number of hydrogen-bond donors (Lipinski definition) is 2. The highest BCUT2D eigenvalue weighted by molar-refractivity contribution is 5.85. The van der Waals surface area contributed by atoms with Crippen LogP contribution in [0.25, 0.3) is 0 Å². The van der Waals surface area contributed by atoms with E-state index in [1.807, 2.05) is 0 Å². The van der Waals surface area contributed by atoms with Crippen molar-refractivity contribution in [1.82, 2.24) is 4.90 Å². The van der Waals surface area contributed by atoms with Crippen molar-refractivity contribution in [2.45, 2.75) is 19.4 Å². The molecule has 0 rings (SSSR count). The molecule has 1 atom stereocenters. The Morgan fingerprint density at radius 2 is 2.08 bits per heavy atom. The van der Waals surface area contributed by atoms with E-state index in [4.69, 9.17) is 10.2 Å². The number of likely N-dealkylation sites (N-methyl/N-ethyl adjacent to an activating group) is 1. The molecule has 0 aromatic carbocycles. The summed E-state index contributed by atoms with van der Waals surface area (Å²) in [6, 6.07) is 0. The summed E-state index contributed by atoms with van der Waals surface area (Å²) in [7, 11) is 3.31. The fourth-order valence-electron chi connectivity index (χ4n) is 0.743. The summed E-state index contributed by atoms with van der Waals surface area (Å²) in [4.78, 5) is 12.1. The van der Waals surface area contributed by atoms with Crippen LogP contribution in [0.15, 0.2) is 11.8 Å². The van der Waals surface area contributed by atoms with E-state index in [0.29, 0.717) is 6.42 Å². The number of aliphatic hydroxyl groups is 1. The molecule has 12 heavy (non-hydrogen) atoms. The second kappa shape index (κ2) is 4.77. The molecule has 0 aromatic rings. The molecule has 0 saturated carbocycles. The third-order valence-corrected chi connectivity index (χ3v) is 1.35. The number of aliphatic carboxylic acids is 1. The highest BCUT2D eigenvalue weighted by atomic mass is 16.4. The van der Waals surface area contributed by atoms with Gasteiger partial charge in [-0.2, -0.15) is 0 Å². The Labute approximate surface area is 72.1 Å². The Bertz CT molecular complexity index is 185. The number of carboxylic acid groups (broad SMARTS) is 1. The third-order valence-electron chi connectivity index (χ3n) is 1.35. The van der Waals surface area contributed by atoms with E-state index < -0.39 is 12.1 Å². The SMILES string of the molecule is CC(O)C/C=C(\C(=O)O)N(C)C. The Balaban J connectivity index is 4.30. The van der Waals surface area contributed by atoms with Gasteiger partial charge in [-0.1, -0.05) is 6.08 Å². The largest absolute Gasteiger partial charge is 0.477 e. The molecular weight excluding hydrogens is 158 g/mol. The van der Waals surface area contributed by atoms with Gasteiger partial charge >= 0.3 is 5.97 Å². The van der Waals surface area contributed by atoms with Crippen LogP contribution in [0.3, 0.4) is 0 Å². The standard InChI is InChI=1S/C8H15NO3/c1-6(10)4-5-7(8(11)12)9(2)3/h5-6,10H,4H2,1-3H3,(H,11,12)/b7-5+.